The lowest BCUT2D eigenvalue weighted by Crippen LogP contribution is -2.30. The van der Waals surface area contributed by atoms with Crippen LogP contribution >= 0.6 is 0 Å². The molecule has 0 bridgehead atoms. The fourth-order valence-corrected chi connectivity index (χ4v) is 3.43. The van der Waals surface area contributed by atoms with Gasteiger partial charge in [0.25, 0.3) is 0 Å². The minimum Gasteiger partial charge on any atom is -0.356 e. The van der Waals surface area contributed by atoms with Crippen LogP contribution in [0.2, 0.25) is 0 Å². The average Bonchev–Trinajstić information content (AvgIpc) is 3.08. The maximum Gasteiger partial charge on any atom is 0.187 e. The molecule has 2 aliphatic heterocycles. The normalized spacial score (nSPS) is 33.5. The van der Waals surface area contributed by atoms with E-state index >= 15 is 0 Å². The molecule has 0 aliphatic carbocycles. The van der Waals surface area contributed by atoms with Crippen LogP contribution in [0.3, 0.4) is 0 Å². The number of aromatic nitrogens is 1. The zero-order valence-corrected chi connectivity index (χ0v) is 13.3. The van der Waals surface area contributed by atoms with E-state index in [1.807, 2.05) is 13.8 Å². The highest BCUT2D eigenvalue weighted by atomic mass is 16.8. The van der Waals surface area contributed by atoms with E-state index in [4.69, 9.17) is 18.9 Å². The van der Waals surface area contributed by atoms with Gasteiger partial charge in [-0.2, -0.15) is 0 Å². The molecule has 0 radical (unpaired) electrons. The molecule has 2 aliphatic rings. The summed E-state index contributed by atoms with van der Waals surface area (Å²) in [6.07, 6.45) is -1.01. The molecule has 118 valence electrons. The van der Waals surface area contributed by atoms with Crippen LogP contribution in [0.4, 0.5) is 0 Å². The number of hydrogen-bond acceptors (Lipinski definition) is 4. The van der Waals surface area contributed by atoms with Crippen LogP contribution < -0.4 is 0 Å². The highest BCUT2D eigenvalue weighted by molar-refractivity contribution is 5.81. The molecule has 0 amide bonds. The summed E-state index contributed by atoms with van der Waals surface area (Å²) >= 11 is 0. The summed E-state index contributed by atoms with van der Waals surface area (Å²) in [5.41, 5.74) is 3.33. The molecule has 1 N–H and O–H groups in total. The molecule has 4 rings (SSSR count). The zero-order chi connectivity index (χ0) is 15.5. The second-order valence-electron chi connectivity index (χ2n) is 6.54. The molecule has 1 aromatic heterocycles. The highest BCUT2D eigenvalue weighted by Gasteiger charge is 2.56. The molecule has 2 aromatic rings. The van der Waals surface area contributed by atoms with Gasteiger partial charge in [0.2, 0.25) is 0 Å². The number of hydrogen-bond donors (Lipinski definition) is 1. The second kappa shape index (κ2) is 4.80. The van der Waals surface area contributed by atoms with Gasteiger partial charge in [-0.25, -0.2) is 0 Å². The van der Waals surface area contributed by atoms with Crippen molar-refractivity contribution < 1.29 is 18.9 Å². The van der Waals surface area contributed by atoms with Gasteiger partial charge >= 0.3 is 0 Å². The average molecular weight is 303 g/mol. The fraction of sp³-hybridized carbons (Fsp3) is 0.529. The van der Waals surface area contributed by atoms with Crippen LogP contribution in [0.5, 0.6) is 0 Å². The van der Waals surface area contributed by atoms with E-state index in [2.05, 4.69) is 36.2 Å². The molecule has 22 heavy (non-hydrogen) atoms. The Balaban J connectivity index is 1.71. The minimum atomic E-state index is -0.614. The Bertz CT molecular complexity index is 708. The number of aromatic amines is 1. The van der Waals surface area contributed by atoms with E-state index in [9.17, 15) is 0 Å². The van der Waals surface area contributed by atoms with Crippen LogP contribution in [-0.4, -0.2) is 36.4 Å². The molecule has 5 nitrogen and oxygen atoms in total. The van der Waals surface area contributed by atoms with E-state index in [-0.39, 0.29) is 18.3 Å². The van der Waals surface area contributed by atoms with Crippen LogP contribution in [0, 0.1) is 6.92 Å². The van der Waals surface area contributed by atoms with Crippen molar-refractivity contribution in [2.24, 2.45) is 0 Å². The summed E-state index contributed by atoms with van der Waals surface area (Å²) < 4.78 is 23.4. The first-order chi connectivity index (χ1) is 10.5. The Morgan fingerprint density at radius 1 is 1.14 bits per heavy atom. The molecule has 0 unspecified atom stereocenters. The van der Waals surface area contributed by atoms with Crippen molar-refractivity contribution >= 4 is 10.9 Å². The Morgan fingerprint density at radius 2 is 1.91 bits per heavy atom. The predicted molar refractivity (Wildman–Crippen MR) is 81.5 cm³/mol. The van der Waals surface area contributed by atoms with Crippen LogP contribution in [0.25, 0.3) is 10.9 Å². The number of fused-ring (bicyclic) bond motifs is 2. The van der Waals surface area contributed by atoms with Gasteiger partial charge in [-0.3, -0.25) is 0 Å². The predicted octanol–water partition coefficient (Wildman–Crippen LogP) is 3.04. The standard InChI is InChI=1S/C17H21NO4/c1-9-5-6-11-10(7-9)8-12(18-11)13-14-15(16(19-4)20-13)22-17(2,3)21-14/h5-8,13-16,18H,1-4H3/t13-,14-,15-,16-/m1/s1. The lowest BCUT2D eigenvalue weighted by atomic mass is 10.1. The Labute approximate surface area is 129 Å². The van der Waals surface area contributed by atoms with E-state index in [1.165, 1.54) is 10.9 Å². The van der Waals surface area contributed by atoms with Crippen molar-refractivity contribution in [3.63, 3.8) is 0 Å². The van der Waals surface area contributed by atoms with Crippen molar-refractivity contribution in [1.29, 1.82) is 0 Å². The number of aryl methyl sites for hydroxylation is 1. The van der Waals surface area contributed by atoms with Crippen LogP contribution in [0.15, 0.2) is 24.3 Å². The van der Waals surface area contributed by atoms with Gasteiger partial charge in [0, 0.05) is 23.7 Å². The van der Waals surface area contributed by atoms with E-state index < -0.39 is 12.1 Å². The molecule has 2 saturated heterocycles. The molecule has 1 aromatic carbocycles. The summed E-state index contributed by atoms with van der Waals surface area (Å²) in [6.45, 7) is 5.93. The molecular weight excluding hydrogens is 282 g/mol. The van der Waals surface area contributed by atoms with Gasteiger partial charge in [-0.05, 0) is 39.0 Å². The second-order valence-corrected chi connectivity index (χ2v) is 6.54. The van der Waals surface area contributed by atoms with Crippen molar-refractivity contribution in [3.8, 4) is 0 Å². The molecule has 0 saturated carbocycles. The third-order valence-corrected chi connectivity index (χ3v) is 4.35. The van der Waals surface area contributed by atoms with Crippen molar-refractivity contribution in [1.82, 2.24) is 4.98 Å². The largest absolute Gasteiger partial charge is 0.356 e. The number of methoxy groups -OCH3 is 1. The van der Waals surface area contributed by atoms with Gasteiger partial charge in [0.1, 0.15) is 18.3 Å². The van der Waals surface area contributed by atoms with Gasteiger partial charge < -0.3 is 23.9 Å². The first-order valence-electron chi connectivity index (χ1n) is 7.60. The zero-order valence-electron chi connectivity index (χ0n) is 13.3. The Morgan fingerprint density at radius 3 is 2.68 bits per heavy atom. The van der Waals surface area contributed by atoms with Crippen molar-refractivity contribution in [2.45, 2.75) is 51.2 Å². The van der Waals surface area contributed by atoms with Crippen LogP contribution in [0.1, 0.15) is 31.2 Å². The Kier molecular flexibility index (Phi) is 3.10. The van der Waals surface area contributed by atoms with Crippen molar-refractivity contribution in [2.75, 3.05) is 7.11 Å². The number of ether oxygens (including phenoxy) is 4. The summed E-state index contributed by atoms with van der Waals surface area (Å²) in [5.74, 6) is -0.614. The summed E-state index contributed by atoms with van der Waals surface area (Å²) in [5, 5.41) is 1.18. The molecule has 2 fully saturated rings. The lowest BCUT2D eigenvalue weighted by Gasteiger charge is -2.23. The molecule has 0 spiro atoms. The smallest absolute Gasteiger partial charge is 0.187 e. The number of rotatable bonds is 2. The SMILES string of the molecule is CO[C@@H]1O[C@H](c2cc3cc(C)ccc3[nH]2)[C@H]2OC(C)(C)O[C@@H]12. The maximum absolute atomic E-state index is 6.04. The molecule has 5 heteroatoms. The van der Waals surface area contributed by atoms with E-state index in [0.29, 0.717) is 0 Å². The van der Waals surface area contributed by atoms with Gasteiger partial charge in [0.15, 0.2) is 12.1 Å². The van der Waals surface area contributed by atoms with Gasteiger partial charge in [-0.15, -0.1) is 0 Å². The Hall–Kier alpha value is -1.40. The van der Waals surface area contributed by atoms with E-state index in [1.54, 1.807) is 7.11 Å². The quantitative estimate of drug-likeness (QED) is 0.926. The highest BCUT2D eigenvalue weighted by Crippen LogP contribution is 2.45. The van der Waals surface area contributed by atoms with Gasteiger partial charge in [-0.1, -0.05) is 11.6 Å². The topological polar surface area (TPSA) is 52.7 Å². The number of benzene rings is 1. The number of H-pyrrole nitrogens is 1. The first kappa shape index (κ1) is 14.2. The third kappa shape index (κ3) is 2.16. The summed E-state index contributed by atoms with van der Waals surface area (Å²) in [4.78, 5) is 3.43. The minimum absolute atomic E-state index is 0.172. The third-order valence-electron chi connectivity index (χ3n) is 4.35. The monoisotopic (exact) mass is 303 g/mol. The maximum atomic E-state index is 6.04. The fourth-order valence-electron chi connectivity index (χ4n) is 3.43. The summed E-state index contributed by atoms with van der Waals surface area (Å²) in [7, 11) is 1.63. The molecule has 3 heterocycles. The van der Waals surface area contributed by atoms with Gasteiger partial charge in [0.05, 0.1) is 0 Å². The van der Waals surface area contributed by atoms with Crippen LogP contribution in [-0.2, 0) is 18.9 Å². The molecule has 4 atom stereocenters. The van der Waals surface area contributed by atoms with E-state index in [0.717, 1.165) is 11.2 Å². The summed E-state index contributed by atoms with van der Waals surface area (Å²) in [6, 6.07) is 8.46. The van der Waals surface area contributed by atoms with Crippen molar-refractivity contribution in [3.05, 3.63) is 35.5 Å². The first-order valence-corrected chi connectivity index (χ1v) is 7.60. The lowest BCUT2D eigenvalue weighted by molar-refractivity contribution is -0.228. The molecular formula is C17H21NO4. The number of nitrogens with one attached hydrogen (secondary N) is 1.